The van der Waals surface area contributed by atoms with E-state index in [2.05, 4.69) is 9.88 Å². The number of rotatable bonds is 3. The number of aromatic nitrogens is 2. The summed E-state index contributed by atoms with van der Waals surface area (Å²) in [4.78, 5) is 23.0. The molecular formula is C21H26N4O4S. The third-order valence-electron chi connectivity index (χ3n) is 6.73. The zero-order valence-electron chi connectivity index (χ0n) is 16.8. The van der Waals surface area contributed by atoms with Gasteiger partial charge in [0.25, 0.3) is 5.56 Å². The van der Waals surface area contributed by atoms with Crippen molar-refractivity contribution in [3.63, 3.8) is 0 Å². The molecule has 2 aromatic rings. The summed E-state index contributed by atoms with van der Waals surface area (Å²) in [6.07, 6.45) is 2.92. The predicted octanol–water partition coefficient (Wildman–Crippen LogP) is 1.28. The van der Waals surface area contributed by atoms with Gasteiger partial charge in [-0.05, 0) is 37.8 Å². The second kappa shape index (κ2) is 7.47. The van der Waals surface area contributed by atoms with E-state index in [0.29, 0.717) is 69.5 Å². The first kappa shape index (κ1) is 19.7. The van der Waals surface area contributed by atoms with Crippen molar-refractivity contribution >= 4 is 16.0 Å². The van der Waals surface area contributed by atoms with Gasteiger partial charge in [0.1, 0.15) is 0 Å². The molecule has 2 aliphatic heterocycles. The molecule has 0 unspecified atom stereocenters. The molecule has 1 spiro atoms. The molecular weight excluding hydrogens is 404 g/mol. The van der Waals surface area contributed by atoms with E-state index in [-0.39, 0.29) is 11.0 Å². The number of benzene rings is 1. The van der Waals surface area contributed by atoms with E-state index in [1.54, 1.807) is 28.6 Å². The maximum absolute atomic E-state index is 13.0. The zero-order chi connectivity index (χ0) is 20.8. The van der Waals surface area contributed by atoms with Crippen LogP contribution in [-0.2, 0) is 26.6 Å². The summed E-state index contributed by atoms with van der Waals surface area (Å²) >= 11 is 0. The average molecular weight is 431 g/mol. The van der Waals surface area contributed by atoms with Crippen LogP contribution in [0, 0.1) is 0 Å². The largest absolute Gasteiger partial charge is 0.378 e. The summed E-state index contributed by atoms with van der Waals surface area (Å²) in [5, 5.41) is 0. The van der Waals surface area contributed by atoms with Crippen molar-refractivity contribution in [1.82, 2.24) is 14.3 Å². The van der Waals surface area contributed by atoms with Crippen LogP contribution in [0.5, 0.6) is 0 Å². The van der Waals surface area contributed by atoms with Crippen LogP contribution < -0.4 is 10.5 Å². The van der Waals surface area contributed by atoms with Gasteiger partial charge in [0.2, 0.25) is 16.0 Å². The number of ether oxygens (including phenoxy) is 1. The van der Waals surface area contributed by atoms with Crippen LogP contribution in [0.4, 0.5) is 5.95 Å². The van der Waals surface area contributed by atoms with Gasteiger partial charge in [0.05, 0.1) is 23.8 Å². The highest BCUT2D eigenvalue weighted by Crippen LogP contribution is 2.45. The number of hydrogen-bond donors (Lipinski definition) is 1. The molecule has 3 heterocycles. The smallest absolute Gasteiger partial charge is 0.255 e. The van der Waals surface area contributed by atoms with E-state index >= 15 is 0 Å². The van der Waals surface area contributed by atoms with Gasteiger partial charge in [-0.1, -0.05) is 18.2 Å². The molecule has 0 radical (unpaired) electrons. The first-order chi connectivity index (χ1) is 14.5. The summed E-state index contributed by atoms with van der Waals surface area (Å²) in [5.41, 5.74) is 1.38. The van der Waals surface area contributed by atoms with Crippen molar-refractivity contribution in [2.75, 3.05) is 44.3 Å². The Kier molecular flexibility index (Phi) is 4.91. The van der Waals surface area contributed by atoms with E-state index in [1.807, 2.05) is 6.07 Å². The summed E-state index contributed by atoms with van der Waals surface area (Å²) < 4.78 is 33.0. The molecule has 0 bridgehead atoms. The lowest BCUT2D eigenvalue weighted by Crippen LogP contribution is -2.45. The molecule has 1 N–H and O–H groups in total. The second-order valence-corrected chi connectivity index (χ2v) is 10.3. The number of hydrogen-bond acceptors (Lipinski definition) is 6. The third kappa shape index (κ3) is 3.25. The molecule has 0 amide bonds. The van der Waals surface area contributed by atoms with Crippen LogP contribution in [0.25, 0.3) is 0 Å². The number of sulfonamides is 1. The van der Waals surface area contributed by atoms with Crippen molar-refractivity contribution in [2.24, 2.45) is 0 Å². The monoisotopic (exact) mass is 430 g/mol. The van der Waals surface area contributed by atoms with Gasteiger partial charge in [0, 0.05) is 37.2 Å². The van der Waals surface area contributed by atoms with Crippen LogP contribution in [0.15, 0.2) is 40.0 Å². The van der Waals surface area contributed by atoms with Crippen LogP contribution in [-0.4, -0.2) is 62.1 Å². The first-order valence-corrected chi connectivity index (χ1v) is 12.0. The van der Waals surface area contributed by atoms with Crippen LogP contribution in [0.2, 0.25) is 0 Å². The Morgan fingerprint density at radius 3 is 2.40 bits per heavy atom. The van der Waals surface area contributed by atoms with Crippen molar-refractivity contribution in [3.05, 3.63) is 51.9 Å². The Bertz CT molecular complexity index is 1090. The highest BCUT2D eigenvalue weighted by atomic mass is 32.2. The Balaban J connectivity index is 1.41. The van der Waals surface area contributed by atoms with E-state index in [0.717, 1.165) is 17.7 Å². The summed E-state index contributed by atoms with van der Waals surface area (Å²) in [6, 6.07) is 8.58. The summed E-state index contributed by atoms with van der Waals surface area (Å²) in [5.74, 6) is 0.614. The van der Waals surface area contributed by atoms with Gasteiger partial charge in [-0.25, -0.2) is 13.4 Å². The maximum Gasteiger partial charge on any atom is 0.255 e. The standard InChI is InChI=1S/C21H26N4O4S/c26-19-17-6-7-21(18(17)22-20(23-19)24-12-14-29-15-13-24)8-10-25(11-9-21)30(27,28)16-4-2-1-3-5-16/h1-5H,6-15H2,(H,22,23,26). The minimum Gasteiger partial charge on any atom is -0.378 e. The minimum atomic E-state index is -3.50. The number of fused-ring (bicyclic) bond motifs is 2. The van der Waals surface area contributed by atoms with Crippen molar-refractivity contribution in [2.45, 2.75) is 36.0 Å². The number of morpholine rings is 1. The topological polar surface area (TPSA) is 95.6 Å². The SMILES string of the molecule is O=c1[nH]c(N2CCOCC2)nc2c1CCC21CCN(S(=O)(=O)c2ccccc2)CC1. The van der Waals surface area contributed by atoms with Gasteiger partial charge in [0.15, 0.2) is 0 Å². The van der Waals surface area contributed by atoms with Crippen molar-refractivity contribution < 1.29 is 13.2 Å². The molecule has 0 atom stereocenters. The van der Waals surface area contributed by atoms with Gasteiger partial charge >= 0.3 is 0 Å². The lowest BCUT2D eigenvalue weighted by Gasteiger charge is -2.39. The highest BCUT2D eigenvalue weighted by molar-refractivity contribution is 7.89. The van der Waals surface area contributed by atoms with Gasteiger partial charge in [-0.3, -0.25) is 9.78 Å². The molecule has 8 nitrogen and oxygen atoms in total. The van der Waals surface area contributed by atoms with Gasteiger partial charge < -0.3 is 9.64 Å². The fourth-order valence-corrected chi connectivity index (χ4v) is 6.41. The lowest BCUT2D eigenvalue weighted by molar-refractivity contribution is 0.122. The number of H-pyrrole nitrogens is 1. The van der Waals surface area contributed by atoms with Crippen LogP contribution >= 0.6 is 0 Å². The molecule has 1 aromatic carbocycles. The normalized spacial score (nSPS) is 21.7. The molecule has 2 fully saturated rings. The fourth-order valence-electron chi connectivity index (χ4n) is 4.95. The van der Waals surface area contributed by atoms with Gasteiger partial charge in [-0.2, -0.15) is 4.31 Å². The van der Waals surface area contributed by atoms with Crippen LogP contribution in [0.3, 0.4) is 0 Å². The average Bonchev–Trinajstić information content (AvgIpc) is 3.14. The van der Waals surface area contributed by atoms with Crippen LogP contribution in [0.1, 0.15) is 30.5 Å². The Morgan fingerprint density at radius 1 is 1.00 bits per heavy atom. The number of anilines is 1. The molecule has 1 aromatic heterocycles. The quantitative estimate of drug-likeness (QED) is 0.788. The molecule has 9 heteroatoms. The number of nitrogens with one attached hydrogen (secondary N) is 1. The molecule has 2 saturated heterocycles. The molecule has 30 heavy (non-hydrogen) atoms. The van der Waals surface area contributed by atoms with Crippen molar-refractivity contribution in [1.29, 1.82) is 0 Å². The Labute approximate surface area is 175 Å². The Morgan fingerprint density at radius 2 is 1.70 bits per heavy atom. The minimum absolute atomic E-state index is 0.0577. The number of nitrogens with zero attached hydrogens (tertiary/aromatic N) is 3. The van der Waals surface area contributed by atoms with Crippen molar-refractivity contribution in [3.8, 4) is 0 Å². The lowest BCUT2D eigenvalue weighted by atomic mass is 9.77. The second-order valence-electron chi connectivity index (χ2n) is 8.31. The van der Waals surface area contributed by atoms with E-state index < -0.39 is 10.0 Å². The Hall–Kier alpha value is -2.23. The zero-order valence-corrected chi connectivity index (χ0v) is 17.7. The molecule has 3 aliphatic rings. The number of aromatic amines is 1. The summed E-state index contributed by atoms with van der Waals surface area (Å²) in [7, 11) is -3.50. The number of piperidine rings is 1. The van der Waals surface area contributed by atoms with E-state index in [9.17, 15) is 13.2 Å². The fraction of sp³-hybridized carbons (Fsp3) is 0.524. The molecule has 5 rings (SSSR count). The summed E-state index contributed by atoms with van der Waals surface area (Å²) in [6.45, 7) is 3.54. The molecule has 1 aliphatic carbocycles. The predicted molar refractivity (Wildman–Crippen MR) is 112 cm³/mol. The van der Waals surface area contributed by atoms with Gasteiger partial charge in [-0.15, -0.1) is 0 Å². The van der Waals surface area contributed by atoms with E-state index in [1.165, 1.54) is 0 Å². The van der Waals surface area contributed by atoms with E-state index in [4.69, 9.17) is 9.72 Å². The molecule has 0 saturated carbocycles. The molecule has 160 valence electrons. The highest BCUT2D eigenvalue weighted by Gasteiger charge is 2.46. The maximum atomic E-state index is 13.0. The first-order valence-electron chi connectivity index (χ1n) is 10.5. The third-order valence-corrected chi connectivity index (χ3v) is 8.64.